The van der Waals surface area contributed by atoms with Crippen molar-refractivity contribution in [3.05, 3.63) is 29.8 Å². The molecule has 1 fully saturated rings. The molecular formula is C11H12BrNO3. The van der Waals surface area contributed by atoms with Gasteiger partial charge in [0, 0.05) is 6.54 Å². The van der Waals surface area contributed by atoms with Gasteiger partial charge < -0.3 is 14.7 Å². The van der Waals surface area contributed by atoms with E-state index >= 15 is 0 Å². The fourth-order valence-corrected chi connectivity index (χ4v) is 2.29. The predicted molar refractivity (Wildman–Crippen MR) is 64.3 cm³/mol. The van der Waals surface area contributed by atoms with Gasteiger partial charge in [0.05, 0.1) is 24.4 Å². The number of morpholine rings is 1. The molecule has 1 heterocycles. The second kappa shape index (κ2) is 4.84. The summed E-state index contributed by atoms with van der Waals surface area (Å²) in [6.45, 7) is 1.97. The number of alkyl halides is 1. The Kier molecular flexibility index (Phi) is 3.46. The fourth-order valence-electron chi connectivity index (χ4n) is 1.76. The summed E-state index contributed by atoms with van der Waals surface area (Å²) in [5.41, 5.74) is 1.09. The maximum absolute atomic E-state index is 11.1. The van der Waals surface area contributed by atoms with E-state index in [2.05, 4.69) is 15.9 Å². The molecule has 16 heavy (non-hydrogen) atoms. The van der Waals surface area contributed by atoms with Crippen LogP contribution in [0.3, 0.4) is 0 Å². The molecule has 0 aromatic heterocycles. The van der Waals surface area contributed by atoms with Gasteiger partial charge in [0.25, 0.3) is 0 Å². The summed E-state index contributed by atoms with van der Waals surface area (Å²) in [5.74, 6) is -0.895. The van der Waals surface area contributed by atoms with Gasteiger partial charge in [0.1, 0.15) is 5.01 Å². The van der Waals surface area contributed by atoms with E-state index in [0.29, 0.717) is 25.3 Å². The normalized spacial score (nSPS) is 20.8. The van der Waals surface area contributed by atoms with E-state index in [1.165, 1.54) is 0 Å². The van der Waals surface area contributed by atoms with E-state index in [0.717, 1.165) is 5.69 Å². The molecule has 1 aliphatic rings. The maximum Gasteiger partial charge on any atom is 0.337 e. The lowest BCUT2D eigenvalue weighted by atomic mass is 10.1. The number of nitrogens with zero attached hydrogens (tertiary/aromatic N) is 1. The van der Waals surface area contributed by atoms with E-state index in [9.17, 15) is 4.79 Å². The lowest BCUT2D eigenvalue weighted by Crippen LogP contribution is -2.40. The Morgan fingerprint density at radius 2 is 2.25 bits per heavy atom. The summed E-state index contributed by atoms with van der Waals surface area (Å²) >= 11 is 3.38. The number of carboxylic acid groups (broad SMARTS) is 1. The second-order valence-corrected chi connectivity index (χ2v) is 4.57. The molecule has 4 nitrogen and oxygen atoms in total. The first-order valence-corrected chi connectivity index (χ1v) is 5.93. The third-order valence-corrected chi connectivity index (χ3v) is 3.05. The number of halogens is 1. The standard InChI is InChI=1S/C11H12BrNO3/c12-10-7-13(5-6-16-10)9-4-2-1-3-8(9)11(14)15/h1-4,10H,5-7H2,(H,14,15). The van der Waals surface area contributed by atoms with Gasteiger partial charge in [-0.15, -0.1) is 0 Å². The van der Waals surface area contributed by atoms with Crippen LogP contribution in [0.1, 0.15) is 10.4 Å². The summed E-state index contributed by atoms with van der Waals surface area (Å²) in [4.78, 5) is 13.1. The highest BCUT2D eigenvalue weighted by Gasteiger charge is 2.21. The van der Waals surface area contributed by atoms with Crippen LogP contribution in [0.2, 0.25) is 0 Å². The van der Waals surface area contributed by atoms with Crippen LogP contribution in [0.25, 0.3) is 0 Å². The molecule has 0 radical (unpaired) electrons. The quantitative estimate of drug-likeness (QED) is 0.844. The molecular weight excluding hydrogens is 274 g/mol. The highest BCUT2D eigenvalue weighted by molar-refractivity contribution is 9.09. The van der Waals surface area contributed by atoms with Gasteiger partial charge in [-0.05, 0) is 12.1 Å². The third-order valence-electron chi connectivity index (χ3n) is 2.50. The molecule has 1 saturated heterocycles. The van der Waals surface area contributed by atoms with E-state index in [-0.39, 0.29) is 5.01 Å². The number of hydrogen-bond donors (Lipinski definition) is 1. The van der Waals surface area contributed by atoms with E-state index in [1.807, 2.05) is 17.0 Å². The van der Waals surface area contributed by atoms with E-state index in [1.54, 1.807) is 12.1 Å². The Balaban J connectivity index is 2.28. The van der Waals surface area contributed by atoms with Crippen LogP contribution in [0.4, 0.5) is 5.69 Å². The smallest absolute Gasteiger partial charge is 0.337 e. The zero-order valence-electron chi connectivity index (χ0n) is 8.60. The molecule has 0 aliphatic carbocycles. The number of rotatable bonds is 2. The average molecular weight is 286 g/mol. The molecule has 5 heteroatoms. The fraction of sp³-hybridized carbons (Fsp3) is 0.364. The summed E-state index contributed by atoms with van der Waals surface area (Å²) in [6.07, 6.45) is 0. The number of carbonyl (C=O) groups is 1. The molecule has 1 unspecified atom stereocenters. The lowest BCUT2D eigenvalue weighted by Gasteiger charge is -2.32. The van der Waals surface area contributed by atoms with Crippen molar-refractivity contribution in [1.29, 1.82) is 0 Å². The molecule has 1 atom stereocenters. The monoisotopic (exact) mass is 285 g/mol. The summed E-state index contributed by atoms with van der Waals surface area (Å²) < 4.78 is 5.36. The maximum atomic E-state index is 11.1. The van der Waals surface area contributed by atoms with Crippen molar-refractivity contribution in [2.75, 3.05) is 24.6 Å². The molecule has 86 valence electrons. The molecule has 0 amide bonds. The number of para-hydroxylation sites is 1. The molecule has 0 spiro atoms. The number of ether oxygens (including phenoxy) is 1. The Morgan fingerprint density at radius 3 is 2.94 bits per heavy atom. The largest absolute Gasteiger partial charge is 0.478 e. The predicted octanol–water partition coefficient (Wildman–Crippen LogP) is 1.94. The van der Waals surface area contributed by atoms with Crippen LogP contribution in [0.15, 0.2) is 24.3 Å². The van der Waals surface area contributed by atoms with Gasteiger partial charge in [0.2, 0.25) is 0 Å². The Hall–Kier alpha value is -1.07. The zero-order valence-corrected chi connectivity index (χ0v) is 10.2. The van der Waals surface area contributed by atoms with Crippen molar-refractivity contribution in [3.63, 3.8) is 0 Å². The van der Waals surface area contributed by atoms with E-state index < -0.39 is 5.97 Å². The number of hydrogen-bond acceptors (Lipinski definition) is 3. The number of benzene rings is 1. The Bertz CT molecular complexity index is 397. The first-order chi connectivity index (χ1) is 7.68. The summed E-state index contributed by atoms with van der Waals surface area (Å²) in [5, 5.41) is 9.05. The van der Waals surface area contributed by atoms with Crippen molar-refractivity contribution in [2.24, 2.45) is 0 Å². The third kappa shape index (κ3) is 2.36. The lowest BCUT2D eigenvalue weighted by molar-refractivity contribution is 0.0695. The van der Waals surface area contributed by atoms with E-state index in [4.69, 9.17) is 9.84 Å². The van der Waals surface area contributed by atoms with Crippen LogP contribution < -0.4 is 4.90 Å². The van der Waals surface area contributed by atoms with Gasteiger partial charge in [-0.1, -0.05) is 28.1 Å². The topological polar surface area (TPSA) is 49.8 Å². The number of anilines is 1. The van der Waals surface area contributed by atoms with Crippen LogP contribution in [-0.4, -0.2) is 35.8 Å². The van der Waals surface area contributed by atoms with Crippen LogP contribution in [0.5, 0.6) is 0 Å². The van der Waals surface area contributed by atoms with Crippen molar-refractivity contribution in [2.45, 2.75) is 5.01 Å². The summed E-state index contributed by atoms with van der Waals surface area (Å²) in [7, 11) is 0. The van der Waals surface area contributed by atoms with Crippen molar-refractivity contribution in [3.8, 4) is 0 Å². The molecule has 0 saturated carbocycles. The van der Waals surface area contributed by atoms with Crippen molar-refractivity contribution >= 4 is 27.6 Å². The highest BCUT2D eigenvalue weighted by atomic mass is 79.9. The van der Waals surface area contributed by atoms with Gasteiger partial charge in [-0.3, -0.25) is 0 Å². The minimum absolute atomic E-state index is 0.0388. The Morgan fingerprint density at radius 1 is 1.50 bits per heavy atom. The van der Waals surface area contributed by atoms with Crippen molar-refractivity contribution < 1.29 is 14.6 Å². The molecule has 2 rings (SSSR count). The van der Waals surface area contributed by atoms with Crippen molar-refractivity contribution in [1.82, 2.24) is 0 Å². The minimum Gasteiger partial charge on any atom is -0.478 e. The van der Waals surface area contributed by atoms with Crippen LogP contribution in [-0.2, 0) is 4.74 Å². The van der Waals surface area contributed by atoms with Gasteiger partial charge in [-0.25, -0.2) is 4.79 Å². The Labute approximate surface area is 102 Å². The zero-order chi connectivity index (χ0) is 11.5. The first kappa shape index (κ1) is 11.4. The molecule has 1 aromatic carbocycles. The summed E-state index contributed by atoms with van der Waals surface area (Å²) in [6, 6.07) is 7.03. The molecule has 0 bridgehead atoms. The average Bonchev–Trinajstić information content (AvgIpc) is 2.29. The molecule has 1 aromatic rings. The van der Waals surface area contributed by atoms with Gasteiger partial charge in [-0.2, -0.15) is 0 Å². The molecule has 1 aliphatic heterocycles. The van der Waals surface area contributed by atoms with Gasteiger partial charge in [0.15, 0.2) is 0 Å². The second-order valence-electron chi connectivity index (χ2n) is 3.55. The SMILES string of the molecule is O=C(O)c1ccccc1N1CCOC(Br)C1. The first-order valence-electron chi connectivity index (χ1n) is 5.01. The minimum atomic E-state index is -0.895. The molecule has 1 N–H and O–H groups in total. The highest BCUT2D eigenvalue weighted by Crippen LogP contribution is 2.23. The van der Waals surface area contributed by atoms with Crippen LogP contribution in [0, 0.1) is 0 Å². The van der Waals surface area contributed by atoms with Crippen LogP contribution >= 0.6 is 15.9 Å². The number of aromatic carboxylic acids is 1. The van der Waals surface area contributed by atoms with Gasteiger partial charge >= 0.3 is 5.97 Å². The number of carboxylic acids is 1.